The fourth-order valence-electron chi connectivity index (χ4n) is 2.34. The van der Waals surface area contributed by atoms with E-state index < -0.39 is 5.82 Å². The van der Waals surface area contributed by atoms with Crippen molar-refractivity contribution in [3.05, 3.63) is 54.3 Å². The van der Waals surface area contributed by atoms with Crippen molar-refractivity contribution in [1.82, 2.24) is 10.6 Å². The maximum atomic E-state index is 13.1. The summed E-state index contributed by atoms with van der Waals surface area (Å²) in [6.45, 7) is 2.38. The van der Waals surface area contributed by atoms with Crippen molar-refractivity contribution in [2.24, 2.45) is 4.99 Å². The molecule has 158 valence electrons. The molecular formula is C20H26FIN4O3. The number of methoxy groups -OCH3 is 1. The van der Waals surface area contributed by atoms with Crippen LogP contribution >= 0.6 is 24.0 Å². The molecule has 1 amide bonds. The van der Waals surface area contributed by atoms with E-state index >= 15 is 0 Å². The van der Waals surface area contributed by atoms with Gasteiger partial charge in [0.15, 0.2) is 5.96 Å². The van der Waals surface area contributed by atoms with Gasteiger partial charge in [0.25, 0.3) is 0 Å². The summed E-state index contributed by atoms with van der Waals surface area (Å²) in [6.07, 6.45) is -0.147. The molecule has 0 spiro atoms. The van der Waals surface area contributed by atoms with Crippen LogP contribution in [0.15, 0.2) is 53.5 Å². The first-order chi connectivity index (χ1) is 13.5. The molecule has 3 N–H and O–H groups in total. The molecule has 0 saturated heterocycles. The lowest BCUT2D eigenvalue weighted by Crippen LogP contribution is -2.44. The van der Waals surface area contributed by atoms with Gasteiger partial charge in [0.2, 0.25) is 5.91 Å². The zero-order valence-electron chi connectivity index (χ0n) is 16.6. The quantitative estimate of drug-likeness (QED) is 0.286. The molecule has 1 unspecified atom stereocenters. The van der Waals surface area contributed by atoms with E-state index in [1.807, 2.05) is 25.1 Å². The Kier molecular flexibility index (Phi) is 10.8. The Hall–Kier alpha value is -2.56. The lowest BCUT2D eigenvalue weighted by atomic mass is 10.3. The minimum absolute atomic E-state index is 0. The van der Waals surface area contributed by atoms with Crippen molar-refractivity contribution in [1.29, 1.82) is 0 Å². The van der Waals surface area contributed by atoms with Crippen LogP contribution in [0.3, 0.4) is 0 Å². The predicted molar refractivity (Wildman–Crippen MR) is 123 cm³/mol. The number of amides is 1. The molecule has 29 heavy (non-hydrogen) atoms. The molecule has 2 aromatic rings. The van der Waals surface area contributed by atoms with Gasteiger partial charge < -0.3 is 25.4 Å². The molecule has 0 aliphatic rings. The molecule has 0 aliphatic carbocycles. The van der Waals surface area contributed by atoms with Crippen LogP contribution in [0.2, 0.25) is 0 Å². The number of carbonyl (C=O) groups is 1. The average Bonchev–Trinajstić information content (AvgIpc) is 2.68. The highest BCUT2D eigenvalue weighted by atomic mass is 127. The summed E-state index contributed by atoms with van der Waals surface area (Å²) in [4.78, 5) is 16.0. The van der Waals surface area contributed by atoms with Crippen LogP contribution in [0.4, 0.5) is 10.1 Å². The first-order valence-corrected chi connectivity index (χ1v) is 8.81. The van der Waals surface area contributed by atoms with Gasteiger partial charge in [-0.05, 0) is 37.3 Å². The van der Waals surface area contributed by atoms with Crippen LogP contribution in [0.25, 0.3) is 0 Å². The number of nitrogens with zero attached hydrogens (tertiary/aromatic N) is 1. The van der Waals surface area contributed by atoms with Crippen molar-refractivity contribution >= 4 is 41.5 Å². The van der Waals surface area contributed by atoms with Crippen molar-refractivity contribution in [3.63, 3.8) is 0 Å². The summed E-state index contributed by atoms with van der Waals surface area (Å²) >= 11 is 0. The highest BCUT2D eigenvalue weighted by Crippen LogP contribution is 2.19. The molecule has 2 aromatic carbocycles. The standard InChI is InChI=1S/C20H25FN4O3.HI/c1-14(28-18-9-5-8-17(11-18)27-3)12-23-20(22-2)24-13-19(26)25-16-7-4-6-15(21)10-16;/h4-11,14H,12-13H2,1-3H3,(H,25,26)(H2,22,23,24);1H. The molecule has 0 radical (unpaired) electrons. The number of halogens is 2. The van der Waals surface area contributed by atoms with Crippen LogP contribution in [0, 0.1) is 5.82 Å². The van der Waals surface area contributed by atoms with E-state index in [9.17, 15) is 9.18 Å². The van der Waals surface area contributed by atoms with Gasteiger partial charge in [-0.1, -0.05) is 12.1 Å². The van der Waals surface area contributed by atoms with E-state index in [4.69, 9.17) is 9.47 Å². The Morgan fingerprint density at radius 1 is 1.14 bits per heavy atom. The summed E-state index contributed by atoms with van der Waals surface area (Å²) in [5.74, 6) is 1.16. The number of nitrogens with one attached hydrogen (secondary N) is 3. The first-order valence-electron chi connectivity index (χ1n) is 8.81. The van der Waals surface area contributed by atoms with Crippen molar-refractivity contribution in [3.8, 4) is 11.5 Å². The van der Waals surface area contributed by atoms with E-state index in [0.717, 1.165) is 5.75 Å². The number of hydrogen-bond donors (Lipinski definition) is 3. The first kappa shape index (κ1) is 24.5. The lowest BCUT2D eigenvalue weighted by molar-refractivity contribution is -0.115. The highest BCUT2D eigenvalue weighted by Gasteiger charge is 2.08. The number of guanidine groups is 1. The Balaban J connectivity index is 0.00000420. The molecule has 2 rings (SSSR count). The van der Waals surface area contributed by atoms with Gasteiger partial charge >= 0.3 is 0 Å². The van der Waals surface area contributed by atoms with E-state index in [0.29, 0.717) is 23.9 Å². The minimum atomic E-state index is -0.409. The van der Waals surface area contributed by atoms with E-state index in [2.05, 4.69) is 20.9 Å². The second-order valence-corrected chi connectivity index (χ2v) is 5.97. The SMILES string of the molecule is CN=C(NCC(=O)Nc1cccc(F)c1)NCC(C)Oc1cccc(OC)c1.I. The number of anilines is 1. The molecule has 0 bridgehead atoms. The van der Waals surface area contributed by atoms with Gasteiger partial charge in [0.1, 0.15) is 23.4 Å². The second kappa shape index (κ2) is 12.8. The molecular weight excluding hydrogens is 490 g/mol. The smallest absolute Gasteiger partial charge is 0.243 e. The summed E-state index contributed by atoms with van der Waals surface area (Å²) in [5.41, 5.74) is 0.398. The molecule has 0 fully saturated rings. The van der Waals surface area contributed by atoms with Crippen LogP contribution in [-0.4, -0.2) is 45.2 Å². The van der Waals surface area contributed by atoms with Gasteiger partial charge in [-0.25, -0.2) is 4.39 Å². The van der Waals surface area contributed by atoms with Crippen LogP contribution in [-0.2, 0) is 4.79 Å². The predicted octanol–water partition coefficient (Wildman–Crippen LogP) is 3.02. The van der Waals surface area contributed by atoms with Crippen LogP contribution in [0.1, 0.15) is 6.92 Å². The average molecular weight is 516 g/mol. The van der Waals surface area contributed by atoms with E-state index in [-0.39, 0.29) is 42.5 Å². The summed E-state index contributed by atoms with van der Waals surface area (Å²) in [6, 6.07) is 13.1. The number of benzene rings is 2. The topological polar surface area (TPSA) is 84.0 Å². The summed E-state index contributed by atoms with van der Waals surface area (Å²) in [5, 5.41) is 8.60. The maximum Gasteiger partial charge on any atom is 0.243 e. The van der Waals surface area contributed by atoms with E-state index in [1.165, 1.54) is 18.2 Å². The Morgan fingerprint density at radius 3 is 2.55 bits per heavy atom. The molecule has 0 heterocycles. The fraction of sp³-hybridized carbons (Fsp3) is 0.300. The number of carbonyl (C=O) groups excluding carboxylic acids is 1. The number of hydrogen-bond acceptors (Lipinski definition) is 4. The fourth-order valence-corrected chi connectivity index (χ4v) is 2.34. The normalized spacial score (nSPS) is 11.7. The van der Waals surface area contributed by atoms with Gasteiger partial charge in [-0.2, -0.15) is 0 Å². The molecule has 9 heteroatoms. The van der Waals surface area contributed by atoms with E-state index in [1.54, 1.807) is 26.3 Å². The molecule has 1 atom stereocenters. The third kappa shape index (κ3) is 8.99. The minimum Gasteiger partial charge on any atom is -0.497 e. The largest absolute Gasteiger partial charge is 0.497 e. The van der Waals surface area contributed by atoms with Gasteiger partial charge in [0.05, 0.1) is 20.2 Å². The summed E-state index contributed by atoms with van der Waals surface area (Å²) < 4.78 is 24.1. The monoisotopic (exact) mass is 516 g/mol. The van der Waals surface area contributed by atoms with Crippen LogP contribution in [0.5, 0.6) is 11.5 Å². The van der Waals surface area contributed by atoms with Crippen molar-refractivity contribution in [2.45, 2.75) is 13.0 Å². The second-order valence-electron chi connectivity index (χ2n) is 5.97. The third-order valence-electron chi connectivity index (χ3n) is 3.68. The molecule has 0 aromatic heterocycles. The Labute approximate surface area is 187 Å². The number of aliphatic imine (C=N–C) groups is 1. The number of ether oxygens (including phenoxy) is 2. The molecule has 7 nitrogen and oxygen atoms in total. The molecule has 0 aliphatic heterocycles. The van der Waals surface area contributed by atoms with Crippen molar-refractivity contribution in [2.75, 3.05) is 32.6 Å². The maximum absolute atomic E-state index is 13.1. The lowest BCUT2D eigenvalue weighted by Gasteiger charge is -2.18. The van der Waals surface area contributed by atoms with Crippen LogP contribution < -0.4 is 25.4 Å². The van der Waals surface area contributed by atoms with Gasteiger partial charge in [0, 0.05) is 18.8 Å². The summed E-state index contributed by atoms with van der Waals surface area (Å²) in [7, 11) is 3.21. The Morgan fingerprint density at radius 2 is 1.86 bits per heavy atom. The number of rotatable bonds is 8. The third-order valence-corrected chi connectivity index (χ3v) is 3.68. The van der Waals surface area contributed by atoms with Crippen molar-refractivity contribution < 1.29 is 18.7 Å². The highest BCUT2D eigenvalue weighted by molar-refractivity contribution is 14.0. The van der Waals surface area contributed by atoms with Gasteiger partial charge in [-0.3, -0.25) is 9.79 Å². The molecule has 0 saturated carbocycles. The zero-order chi connectivity index (χ0) is 20.4. The Bertz CT molecular complexity index is 820. The zero-order valence-corrected chi connectivity index (χ0v) is 18.9. The van der Waals surface area contributed by atoms with Gasteiger partial charge in [-0.15, -0.1) is 24.0 Å².